The van der Waals surface area contributed by atoms with Crippen molar-refractivity contribution in [3.63, 3.8) is 0 Å². The number of hydrogen-bond acceptors (Lipinski definition) is 6. The van der Waals surface area contributed by atoms with Gasteiger partial charge in [0.05, 0.1) is 23.3 Å². The van der Waals surface area contributed by atoms with Crippen molar-refractivity contribution < 1.29 is 0 Å². The van der Waals surface area contributed by atoms with Crippen molar-refractivity contribution in [1.29, 1.82) is 0 Å². The van der Waals surface area contributed by atoms with E-state index in [-0.39, 0.29) is 0 Å². The van der Waals surface area contributed by atoms with Gasteiger partial charge < -0.3 is 11.1 Å². The summed E-state index contributed by atoms with van der Waals surface area (Å²) in [5.41, 5.74) is 9.21. The number of nitrogens with zero attached hydrogens (tertiary/aromatic N) is 5. The van der Waals surface area contributed by atoms with E-state index in [4.69, 9.17) is 17.3 Å². The Morgan fingerprint density at radius 2 is 1.92 bits per heavy atom. The summed E-state index contributed by atoms with van der Waals surface area (Å²) in [5, 5.41) is 8.97. The van der Waals surface area contributed by atoms with Crippen molar-refractivity contribution in [3.05, 3.63) is 59.4 Å². The molecule has 0 spiro atoms. The Morgan fingerprint density at radius 1 is 1.12 bits per heavy atom. The van der Waals surface area contributed by atoms with Crippen molar-refractivity contribution in [2.75, 3.05) is 11.1 Å². The number of nitrogens with two attached hydrogens (primary N) is 1. The molecule has 26 heavy (non-hydrogen) atoms. The number of hydrogen-bond donors (Lipinski definition) is 2. The van der Waals surface area contributed by atoms with Gasteiger partial charge in [0, 0.05) is 23.8 Å². The van der Waals surface area contributed by atoms with Gasteiger partial charge in [-0.05, 0) is 24.3 Å². The summed E-state index contributed by atoms with van der Waals surface area (Å²) >= 11 is 6.01. The number of fused-ring (bicyclic) bond motifs is 1. The molecule has 0 saturated carbocycles. The van der Waals surface area contributed by atoms with Crippen LogP contribution in [-0.4, -0.2) is 24.7 Å². The zero-order chi connectivity index (χ0) is 18.1. The number of anilines is 2. The molecule has 0 amide bonds. The minimum absolute atomic E-state index is 0.464. The van der Waals surface area contributed by atoms with Gasteiger partial charge in [0.25, 0.3) is 0 Å². The highest BCUT2D eigenvalue weighted by Crippen LogP contribution is 2.31. The first kappa shape index (κ1) is 16.3. The summed E-state index contributed by atoms with van der Waals surface area (Å²) in [7, 11) is 1.78. The fourth-order valence-corrected chi connectivity index (χ4v) is 2.81. The number of nitrogen functional groups attached to an aromatic ring is 1. The van der Waals surface area contributed by atoms with E-state index >= 15 is 0 Å². The molecule has 1 aromatic carbocycles. The second kappa shape index (κ2) is 6.61. The standard InChI is InChI=1S/C18H16ClN7/c1-26-16(20)14-15(11-5-7-12(19)8-6-11)23-18(24-17(14)25-26)22-10-13-4-2-3-9-21-13/h2-9H,10,20H2,1H3,(H,22,24,25). The van der Waals surface area contributed by atoms with E-state index in [2.05, 4.69) is 25.4 Å². The fourth-order valence-electron chi connectivity index (χ4n) is 2.68. The van der Waals surface area contributed by atoms with Crippen LogP contribution < -0.4 is 11.1 Å². The molecule has 4 aromatic rings. The first-order valence-electron chi connectivity index (χ1n) is 8.02. The Hall–Kier alpha value is -3.19. The lowest BCUT2D eigenvalue weighted by Gasteiger charge is -2.08. The Morgan fingerprint density at radius 3 is 2.65 bits per heavy atom. The minimum atomic E-state index is 0.464. The number of benzene rings is 1. The van der Waals surface area contributed by atoms with Crippen LogP contribution in [0.4, 0.5) is 11.8 Å². The largest absolute Gasteiger partial charge is 0.383 e. The summed E-state index contributed by atoms with van der Waals surface area (Å²) in [6, 6.07) is 13.2. The van der Waals surface area contributed by atoms with Crippen LogP contribution in [0.3, 0.4) is 0 Å². The number of aromatic nitrogens is 5. The van der Waals surface area contributed by atoms with Crippen molar-refractivity contribution in [2.24, 2.45) is 7.05 Å². The molecule has 0 unspecified atom stereocenters. The molecular weight excluding hydrogens is 350 g/mol. The minimum Gasteiger partial charge on any atom is -0.383 e. The SMILES string of the molecule is Cn1nc2nc(NCc3ccccn3)nc(-c3ccc(Cl)cc3)c2c1N. The van der Waals surface area contributed by atoms with E-state index in [1.54, 1.807) is 17.9 Å². The average Bonchev–Trinajstić information content (AvgIpc) is 2.95. The van der Waals surface area contributed by atoms with Crippen LogP contribution in [0.15, 0.2) is 48.7 Å². The summed E-state index contributed by atoms with van der Waals surface area (Å²) in [5.74, 6) is 0.979. The highest BCUT2D eigenvalue weighted by Gasteiger charge is 2.17. The predicted octanol–water partition coefficient (Wildman–Crippen LogP) is 3.27. The van der Waals surface area contributed by atoms with Crippen LogP contribution >= 0.6 is 11.6 Å². The third kappa shape index (κ3) is 3.04. The first-order chi connectivity index (χ1) is 12.6. The summed E-state index contributed by atoms with van der Waals surface area (Å²) in [6.45, 7) is 0.509. The van der Waals surface area contributed by atoms with Crippen molar-refractivity contribution >= 4 is 34.4 Å². The predicted molar refractivity (Wildman–Crippen MR) is 103 cm³/mol. The quantitative estimate of drug-likeness (QED) is 0.576. The second-order valence-corrected chi connectivity index (χ2v) is 6.22. The normalized spacial score (nSPS) is 11.0. The highest BCUT2D eigenvalue weighted by molar-refractivity contribution is 6.30. The molecular formula is C18H16ClN7. The van der Waals surface area contributed by atoms with E-state index in [0.717, 1.165) is 16.6 Å². The molecule has 3 N–H and O–H groups in total. The number of aryl methyl sites for hydroxylation is 1. The first-order valence-corrected chi connectivity index (χ1v) is 8.39. The highest BCUT2D eigenvalue weighted by atomic mass is 35.5. The lowest BCUT2D eigenvalue weighted by molar-refractivity contribution is 0.787. The van der Waals surface area contributed by atoms with Crippen molar-refractivity contribution in [3.8, 4) is 11.3 Å². The zero-order valence-electron chi connectivity index (χ0n) is 14.0. The molecule has 0 radical (unpaired) electrons. The number of nitrogens with one attached hydrogen (secondary N) is 1. The van der Waals surface area contributed by atoms with Gasteiger partial charge in [0.15, 0.2) is 5.65 Å². The summed E-state index contributed by atoms with van der Waals surface area (Å²) in [6.07, 6.45) is 1.75. The molecule has 7 nitrogen and oxygen atoms in total. The average molecular weight is 366 g/mol. The third-order valence-corrected chi connectivity index (χ3v) is 4.26. The number of halogens is 1. The van der Waals surface area contributed by atoms with Crippen LogP contribution in [0.25, 0.3) is 22.3 Å². The van der Waals surface area contributed by atoms with Gasteiger partial charge in [-0.2, -0.15) is 10.1 Å². The van der Waals surface area contributed by atoms with Gasteiger partial charge in [-0.25, -0.2) is 4.98 Å². The second-order valence-electron chi connectivity index (χ2n) is 5.78. The molecule has 4 rings (SSSR count). The lowest BCUT2D eigenvalue weighted by atomic mass is 10.1. The van der Waals surface area contributed by atoms with Crippen molar-refractivity contribution in [1.82, 2.24) is 24.7 Å². The molecule has 0 aliphatic rings. The Kier molecular flexibility index (Phi) is 4.14. The van der Waals surface area contributed by atoms with Crippen LogP contribution in [0.5, 0.6) is 0 Å². The van der Waals surface area contributed by atoms with Gasteiger partial charge in [-0.3, -0.25) is 9.67 Å². The molecule has 0 fully saturated rings. The van der Waals surface area contributed by atoms with Gasteiger partial charge in [-0.15, -0.1) is 0 Å². The van der Waals surface area contributed by atoms with E-state index in [9.17, 15) is 0 Å². The van der Waals surface area contributed by atoms with Crippen molar-refractivity contribution in [2.45, 2.75) is 6.54 Å². The molecule has 0 aliphatic heterocycles. The van der Waals surface area contributed by atoms with E-state index in [0.29, 0.717) is 34.7 Å². The fraction of sp³-hybridized carbons (Fsp3) is 0.111. The number of pyridine rings is 1. The molecule has 0 atom stereocenters. The zero-order valence-corrected chi connectivity index (χ0v) is 14.8. The molecule has 0 aliphatic carbocycles. The Balaban J connectivity index is 1.79. The van der Waals surface area contributed by atoms with Crippen LogP contribution in [0.1, 0.15) is 5.69 Å². The molecule has 8 heteroatoms. The number of rotatable bonds is 4. The maximum atomic E-state index is 6.19. The maximum absolute atomic E-state index is 6.19. The third-order valence-electron chi connectivity index (χ3n) is 4.01. The van der Waals surface area contributed by atoms with E-state index in [1.165, 1.54) is 0 Å². The lowest BCUT2D eigenvalue weighted by Crippen LogP contribution is -2.06. The monoisotopic (exact) mass is 365 g/mol. The van der Waals surface area contributed by atoms with Gasteiger partial charge >= 0.3 is 0 Å². The maximum Gasteiger partial charge on any atom is 0.225 e. The van der Waals surface area contributed by atoms with Crippen LogP contribution in [0, 0.1) is 0 Å². The van der Waals surface area contributed by atoms with Gasteiger partial charge in [0.2, 0.25) is 5.95 Å². The summed E-state index contributed by atoms with van der Waals surface area (Å²) in [4.78, 5) is 13.4. The molecule has 0 bridgehead atoms. The molecule has 130 valence electrons. The van der Waals surface area contributed by atoms with E-state index in [1.807, 2.05) is 42.5 Å². The Labute approximate surface area is 154 Å². The van der Waals surface area contributed by atoms with Gasteiger partial charge in [-0.1, -0.05) is 29.8 Å². The van der Waals surface area contributed by atoms with Crippen LogP contribution in [0.2, 0.25) is 5.02 Å². The smallest absolute Gasteiger partial charge is 0.225 e. The molecule has 0 saturated heterocycles. The van der Waals surface area contributed by atoms with Gasteiger partial charge in [0.1, 0.15) is 5.82 Å². The molecule has 3 aromatic heterocycles. The van der Waals surface area contributed by atoms with E-state index < -0.39 is 0 Å². The van der Waals surface area contributed by atoms with Crippen LogP contribution in [-0.2, 0) is 13.6 Å². The molecule has 3 heterocycles. The summed E-state index contributed by atoms with van der Waals surface area (Å²) < 4.78 is 1.60. The topological polar surface area (TPSA) is 94.5 Å². The Bertz CT molecular complexity index is 1060.